The molecule has 0 spiro atoms. The summed E-state index contributed by atoms with van der Waals surface area (Å²) in [5, 5.41) is 2.72. The number of nitrogens with zero attached hydrogens (tertiary/aromatic N) is 1. The fraction of sp³-hybridized carbons (Fsp3) is 0.150. The highest BCUT2D eigenvalue weighted by Crippen LogP contribution is 2.31. The third kappa shape index (κ3) is 3.81. The molecule has 0 aliphatic carbocycles. The maximum absolute atomic E-state index is 13.8. The summed E-state index contributed by atoms with van der Waals surface area (Å²) in [5.41, 5.74) is 5.72. The Bertz CT molecular complexity index is 1050. The number of aromatic nitrogens is 2. The molecule has 4 N–H and O–H groups in total. The number of pyridine rings is 2. The summed E-state index contributed by atoms with van der Waals surface area (Å²) in [6.45, 7) is 1.64. The molecule has 0 aliphatic rings. The molecule has 2 atom stereocenters. The first kappa shape index (κ1) is 19.4. The van der Waals surface area contributed by atoms with Gasteiger partial charge in [-0.05, 0) is 48.4 Å². The molecule has 3 aromatic rings. The van der Waals surface area contributed by atoms with E-state index in [2.05, 4.69) is 15.3 Å². The lowest BCUT2D eigenvalue weighted by Crippen LogP contribution is -2.55. The molecule has 0 aliphatic heterocycles. The van der Waals surface area contributed by atoms with Crippen molar-refractivity contribution in [2.24, 2.45) is 5.73 Å². The molecule has 0 saturated carbocycles. The van der Waals surface area contributed by atoms with Crippen LogP contribution in [0.2, 0.25) is 0 Å². The molecule has 6 nitrogen and oxygen atoms in total. The van der Waals surface area contributed by atoms with Crippen molar-refractivity contribution in [2.45, 2.75) is 18.5 Å². The summed E-state index contributed by atoms with van der Waals surface area (Å²) in [5.74, 6) is -1.75. The van der Waals surface area contributed by atoms with E-state index >= 15 is 0 Å². The van der Waals surface area contributed by atoms with Crippen molar-refractivity contribution in [2.75, 3.05) is 0 Å². The topological polar surface area (TPSA) is 101 Å². The Balaban J connectivity index is 2.02. The second kappa shape index (κ2) is 7.69. The number of hydrogen-bond donors (Lipinski definition) is 3. The van der Waals surface area contributed by atoms with Crippen molar-refractivity contribution in [1.82, 2.24) is 15.3 Å². The minimum absolute atomic E-state index is 0.0571. The lowest BCUT2D eigenvalue weighted by Gasteiger charge is -2.37. The largest absolute Gasteiger partial charge is 0.346 e. The Hall–Kier alpha value is -3.39. The number of rotatable bonds is 5. The van der Waals surface area contributed by atoms with Crippen molar-refractivity contribution in [3.8, 4) is 0 Å². The summed E-state index contributed by atoms with van der Waals surface area (Å²) in [7, 11) is 0. The Kier molecular flexibility index (Phi) is 5.32. The van der Waals surface area contributed by atoms with Gasteiger partial charge in [-0.1, -0.05) is 18.2 Å². The van der Waals surface area contributed by atoms with Crippen LogP contribution < -0.4 is 16.6 Å². The van der Waals surface area contributed by atoms with E-state index in [-0.39, 0.29) is 5.69 Å². The van der Waals surface area contributed by atoms with Crippen LogP contribution in [0.5, 0.6) is 0 Å². The van der Waals surface area contributed by atoms with Crippen molar-refractivity contribution in [3.63, 3.8) is 0 Å². The summed E-state index contributed by atoms with van der Waals surface area (Å²) < 4.78 is 27.2. The van der Waals surface area contributed by atoms with Crippen LogP contribution >= 0.6 is 0 Å². The highest BCUT2D eigenvalue weighted by atomic mass is 19.1. The smallest absolute Gasteiger partial charge is 0.268 e. The number of nitrogens with two attached hydrogens (primary N) is 1. The van der Waals surface area contributed by atoms with Gasteiger partial charge in [0, 0.05) is 12.3 Å². The number of carbonyl (C=O) groups excluding carboxylic acids is 1. The molecule has 3 rings (SSSR count). The van der Waals surface area contributed by atoms with Gasteiger partial charge in [-0.15, -0.1) is 0 Å². The molecule has 144 valence electrons. The molecule has 28 heavy (non-hydrogen) atoms. The quantitative estimate of drug-likeness (QED) is 0.586. The van der Waals surface area contributed by atoms with E-state index in [1.54, 1.807) is 6.92 Å². The fourth-order valence-corrected chi connectivity index (χ4v) is 3.02. The van der Waals surface area contributed by atoms with E-state index < -0.39 is 34.8 Å². The molecule has 2 aromatic heterocycles. The summed E-state index contributed by atoms with van der Waals surface area (Å²) in [4.78, 5) is 30.0. The van der Waals surface area contributed by atoms with Crippen LogP contribution in [0, 0.1) is 11.8 Å². The van der Waals surface area contributed by atoms with Gasteiger partial charge in [0.05, 0.1) is 11.6 Å². The van der Waals surface area contributed by atoms with Gasteiger partial charge >= 0.3 is 0 Å². The van der Waals surface area contributed by atoms with E-state index in [9.17, 15) is 18.4 Å². The summed E-state index contributed by atoms with van der Waals surface area (Å²) in [6, 6.07) is 11.5. The van der Waals surface area contributed by atoms with Crippen LogP contribution in [0.15, 0.2) is 65.6 Å². The zero-order valence-corrected chi connectivity index (χ0v) is 14.9. The van der Waals surface area contributed by atoms with Crippen LogP contribution in [0.1, 0.15) is 28.5 Å². The number of carbonyl (C=O) groups is 1. The van der Waals surface area contributed by atoms with Crippen LogP contribution in [-0.2, 0) is 5.54 Å². The summed E-state index contributed by atoms with van der Waals surface area (Å²) >= 11 is 0. The molecular formula is C20H18F2N4O2. The van der Waals surface area contributed by atoms with Crippen LogP contribution in [-0.4, -0.2) is 21.9 Å². The van der Waals surface area contributed by atoms with Gasteiger partial charge in [0.25, 0.3) is 5.91 Å². The number of H-pyrrole nitrogens is 1. The monoisotopic (exact) mass is 384 g/mol. The van der Waals surface area contributed by atoms with E-state index in [0.717, 1.165) is 6.07 Å². The molecule has 8 heteroatoms. The van der Waals surface area contributed by atoms with Crippen molar-refractivity contribution < 1.29 is 13.6 Å². The maximum Gasteiger partial charge on any atom is 0.268 e. The predicted molar refractivity (Wildman–Crippen MR) is 99.6 cm³/mol. The zero-order valence-electron chi connectivity index (χ0n) is 14.9. The molecule has 0 saturated heterocycles. The molecule has 0 bridgehead atoms. The first-order valence-electron chi connectivity index (χ1n) is 8.48. The molecule has 0 fully saturated rings. The minimum Gasteiger partial charge on any atom is -0.346 e. The number of amides is 1. The normalized spacial score (nSPS) is 14.1. The number of hydrogen-bond acceptors (Lipinski definition) is 4. The standard InChI is InChI=1S/C20H18F2N4O2/c1-12(25-19(28)16-3-2-4-18(27)26-16)20(23,13-5-7-15(21)8-6-13)14-9-10-24-17(22)11-14/h2-12H,23H2,1H3,(H,25,28)(H,26,27). The van der Waals surface area contributed by atoms with Gasteiger partial charge in [-0.2, -0.15) is 4.39 Å². The van der Waals surface area contributed by atoms with Gasteiger partial charge in [-0.25, -0.2) is 9.37 Å². The second-order valence-electron chi connectivity index (χ2n) is 6.37. The average molecular weight is 384 g/mol. The summed E-state index contributed by atoms with van der Waals surface area (Å²) in [6.07, 6.45) is 1.26. The zero-order chi connectivity index (χ0) is 20.3. The molecule has 1 aromatic carbocycles. The highest BCUT2D eigenvalue weighted by molar-refractivity contribution is 5.92. The van der Waals surface area contributed by atoms with Gasteiger partial charge in [0.15, 0.2) is 0 Å². The Labute approximate surface area is 159 Å². The Morgan fingerprint density at radius 2 is 1.86 bits per heavy atom. The number of aromatic amines is 1. The molecular weight excluding hydrogens is 366 g/mol. The maximum atomic E-state index is 13.8. The third-order valence-corrected chi connectivity index (χ3v) is 4.57. The van der Waals surface area contributed by atoms with Crippen LogP contribution in [0.25, 0.3) is 0 Å². The van der Waals surface area contributed by atoms with Gasteiger partial charge in [0.1, 0.15) is 11.5 Å². The fourth-order valence-electron chi connectivity index (χ4n) is 3.02. The number of halogens is 2. The Morgan fingerprint density at radius 3 is 2.50 bits per heavy atom. The molecule has 0 radical (unpaired) electrons. The van der Waals surface area contributed by atoms with Crippen LogP contribution in [0.3, 0.4) is 0 Å². The molecule has 2 unspecified atom stereocenters. The second-order valence-corrected chi connectivity index (χ2v) is 6.37. The van der Waals surface area contributed by atoms with Gasteiger partial charge in [0.2, 0.25) is 11.5 Å². The van der Waals surface area contributed by atoms with E-state index in [1.165, 1.54) is 54.7 Å². The van der Waals surface area contributed by atoms with E-state index in [1.807, 2.05) is 0 Å². The van der Waals surface area contributed by atoms with E-state index in [4.69, 9.17) is 5.73 Å². The highest BCUT2D eigenvalue weighted by Gasteiger charge is 2.37. The van der Waals surface area contributed by atoms with Gasteiger partial charge in [-0.3, -0.25) is 9.59 Å². The minimum atomic E-state index is -1.39. The molecule has 1 amide bonds. The molecule has 2 heterocycles. The van der Waals surface area contributed by atoms with Crippen molar-refractivity contribution >= 4 is 5.91 Å². The predicted octanol–water partition coefficient (Wildman–Crippen LogP) is 2.07. The number of nitrogens with one attached hydrogen (secondary N) is 2. The van der Waals surface area contributed by atoms with Crippen molar-refractivity contribution in [1.29, 1.82) is 0 Å². The average Bonchev–Trinajstić information content (AvgIpc) is 2.67. The first-order chi connectivity index (χ1) is 13.3. The first-order valence-corrected chi connectivity index (χ1v) is 8.48. The lowest BCUT2D eigenvalue weighted by molar-refractivity contribution is 0.0920. The van der Waals surface area contributed by atoms with Crippen molar-refractivity contribution in [3.05, 3.63) is 99.7 Å². The third-order valence-electron chi connectivity index (χ3n) is 4.57. The lowest BCUT2D eigenvalue weighted by atomic mass is 9.78. The Morgan fingerprint density at radius 1 is 1.14 bits per heavy atom. The van der Waals surface area contributed by atoms with Crippen LogP contribution in [0.4, 0.5) is 8.78 Å². The van der Waals surface area contributed by atoms with Gasteiger partial charge < -0.3 is 16.0 Å². The SMILES string of the molecule is CC(NC(=O)c1cccc(=O)[nH]1)C(N)(c1ccc(F)cc1)c1ccnc(F)c1. The van der Waals surface area contributed by atoms with E-state index in [0.29, 0.717) is 11.1 Å². The number of benzene rings is 1.